The lowest BCUT2D eigenvalue weighted by Crippen LogP contribution is -2.30. The number of unbranched alkanes of at least 4 members (excludes halogenated alkanes) is 16. The van der Waals surface area contributed by atoms with Crippen LogP contribution >= 0.6 is 0 Å². The zero-order valence-electron chi connectivity index (χ0n) is 36.6. The quantitative estimate of drug-likeness (QED) is 0.0203. The van der Waals surface area contributed by atoms with Crippen molar-refractivity contribution >= 4 is 17.9 Å². The summed E-state index contributed by atoms with van der Waals surface area (Å²) in [5.41, 5.74) is 0. The minimum atomic E-state index is -0.820. The van der Waals surface area contributed by atoms with Crippen molar-refractivity contribution in [2.75, 3.05) is 13.2 Å². The second kappa shape index (κ2) is 45.0. The number of rotatable bonds is 39. The van der Waals surface area contributed by atoms with Crippen LogP contribution < -0.4 is 0 Å². The van der Waals surface area contributed by atoms with Gasteiger partial charge in [-0.3, -0.25) is 14.4 Å². The van der Waals surface area contributed by atoms with E-state index in [4.69, 9.17) is 14.2 Å². The number of allylic oxidation sites excluding steroid dienone is 16. The van der Waals surface area contributed by atoms with Crippen molar-refractivity contribution < 1.29 is 28.6 Å². The molecule has 0 aromatic heterocycles. The van der Waals surface area contributed by atoms with Crippen molar-refractivity contribution in [3.05, 3.63) is 97.2 Å². The number of esters is 3. The molecular weight excluding hydrogens is 709 g/mol. The van der Waals surface area contributed by atoms with Gasteiger partial charge in [0.15, 0.2) is 6.10 Å². The van der Waals surface area contributed by atoms with Crippen molar-refractivity contribution in [2.24, 2.45) is 0 Å². The Kier molecular flexibility index (Phi) is 42.1. The molecule has 0 aliphatic rings. The molecule has 0 fully saturated rings. The number of carbonyl (C=O) groups excluding carboxylic acids is 3. The van der Waals surface area contributed by atoms with Gasteiger partial charge in [-0.15, -0.1) is 0 Å². The first-order valence-corrected chi connectivity index (χ1v) is 22.8. The molecule has 0 saturated heterocycles. The fourth-order valence-corrected chi connectivity index (χ4v) is 5.80. The van der Waals surface area contributed by atoms with Gasteiger partial charge in [0, 0.05) is 19.3 Å². The normalized spacial score (nSPS) is 13.0. The summed E-state index contributed by atoms with van der Waals surface area (Å²) in [4.78, 5) is 37.7. The third kappa shape index (κ3) is 43.3. The predicted octanol–water partition coefficient (Wildman–Crippen LogP) is 14.6. The second-order valence-electron chi connectivity index (χ2n) is 14.7. The Labute approximate surface area is 349 Å². The average Bonchev–Trinajstić information content (AvgIpc) is 3.21. The molecule has 0 amide bonds. The van der Waals surface area contributed by atoms with Gasteiger partial charge in [-0.1, -0.05) is 182 Å². The van der Waals surface area contributed by atoms with Gasteiger partial charge < -0.3 is 14.2 Å². The molecule has 0 aliphatic heterocycles. The fraction of sp³-hybridized carbons (Fsp3) is 0.627. The van der Waals surface area contributed by atoms with Crippen LogP contribution in [0, 0.1) is 0 Å². The largest absolute Gasteiger partial charge is 0.462 e. The van der Waals surface area contributed by atoms with Crippen LogP contribution in [0.4, 0.5) is 0 Å². The Balaban J connectivity index is 4.53. The number of hydrogen-bond donors (Lipinski definition) is 0. The zero-order chi connectivity index (χ0) is 41.5. The van der Waals surface area contributed by atoms with Crippen LogP contribution in [-0.2, 0) is 28.6 Å². The molecule has 0 spiro atoms. The van der Waals surface area contributed by atoms with E-state index in [0.29, 0.717) is 19.3 Å². The van der Waals surface area contributed by atoms with Crippen molar-refractivity contribution in [1.82, 2.24) is 0 Å². The molecule has 57 heavy (non-hydrogen) atoms. The van der Waals surface area contributed by atoms with E-state index in [1.165, 1.54) is 57.8 Å². The standard InChI is InChI=1S/C51H82O6/c1-4-7-10-13-16-19-22-25-27-29-32-35-38-41-44-50(53)56-47-48(46-55-49(52)43-40-37-34-31-28-24-21-18-15-12-9-6-3)57-51(54)45-42-39-36-33-30-26-23-20-17-14-11-8-5-2/h7-8,10-11,14,16-21,23,26,30,33,36,48H,4-6,9,12-13,15,22,24-25,27-29,31-32,34-35,37-47H2,1-3H3/b10-7-,11-8-,17-14-,19-16-,21-18-,23-20-,30-26-,36-33-. The molecule has 6 heteroatoms. The van der Waals surface area contributed by atoms with Crippen molar-refractivity contribution in [2.45, 2.75) is 194 Å². The van der Waals surface area contributed by atoms with Gasteiger partial charge in [0.05, 0.1) is 0 Å². The molecule has 1 unspecified atom stereocenters. The summed E-state index contributed by atoms with van der Waals surface area (Å²) in [6.07, 6.45) is 58.2. The molecule has 0 aliphatic carbocycles. The van der Waals surface area contributed by atoms with E-state index in [2.05, 4.69) is 63.3 Å². The second-order valence-corrected chi connectivity index (χ2v) is 14.7. The minimum absolute atomic E-state index is 0.115. The summed E-state index contributed by atoms with van der Waals surface area (Å²) in [7, 11) is 0. The molecule has 1 atom stereocenters. The number of hydrogen-bond acceptors (Lipinski definition) is 6. The van der Waals surface area contributed by atoms with Crippen LogP contribution in [0.25, 0.3) is 0 Å². The highest BCUT2D eigenvalue weighted by atomic mass is 16.6. The molecule has 0 radical (unpaired) electrons. The smallest absolute Gasteiger partial charge is 0.306 e. The van der Waals surface area contributed by atoms with Crippen molar-refractivity contribution in [1.29, 1.82) is 0 Å². The highest BCUT2D eigenvalue weighted by Crippen LogP contribution is 2.13. The van der Waals surface area contributed by atoms with E-state index in [-0.39, 0.29) is 37.5 Å². The lowest BCUT2D eigenvalue weighted by molar-refractivity contribution is -0.167. The van der Waals surface area contributed by atoms with Gasteiger partial charge in [-0.25, -0.2) is 0 Å². The van der Waals surface area contributed by atoms with Crippen LogP contribution in [0.2, 0.25) is 0 Å². The summed E-state index contributed by atoms with van der Waals surface area (Å²) in [5, 5.41) is 0. The summed E-state index contributed by atoms with van der Waals surface area (Å²) in [6, 6.07) is 0. The monoisotopic (exact) mass is 791 g/mol. The first kappa shape index (κ1) is 53.3. The molecule has 0 N–H and O–H groups in total. The van der Waals surface area contributed by atoms with Crippen LogP contribution in [0.5, 0.6) is 0 Å². The lowest BCUT2D eigenvalue weighted by atomic mass is 10.1. The molecule has 0 saturated carbocycles. The third-order valence-corrected chi connectivity index (χ3v) is 9.18. The van der Waals surface area contributed by atoms with Crippen LogP contribution in [0.15, 0.2) is 97.2 Å². The SMILES string of the molecule is CC\C=C/C=C\C=C/C=C\C=C/CCCC(=O)OC(COC(=O)CCCCCCC/C=C\CCCCC)COC(=O)CCCCCCCCC/C=C\C/C=C\CC. The Morgan fingerprint density at radius 2 is 0.789 bits per heavy atom. The van der Waals surface area contributed by atoms with E-state index in [1.54, 1.807) is 0 Å². The number of ether oxygens (including phenoxy) is 3. The Morgan fingerprint density at radius 3 is 1.32 bits per heavy atom. The van der Waals surface area contributed by atoms with E-state index < -0.39 is 6.10 Å². The molecule has 0 aromatic rings. The predicted molar refractivity (Wildman–Crippen MR) is 242 cm³/mol. The topological polar surface area (TPSA) is 78.9 Å². The van der Waals surface area contributed by atoms with Gasteiger partial charge in [0.25, 0.3) is 0 Å². The summed E-state index contributed by atoms with van der Waals surface area (Å²) in [5.74, 6) is -1.02. The molecule has 0 aromatic carbocycles. The van der Waals surface area contributed by atoms with Gasteiger partial charge in [-0.2, -0.15) is 0 Å². The van der Waals surface area contributed by atoms with E-state index in [9.17, 15) is 14.4 Å². The van der Waals surface area contributed by atoms with Crippen LogP contribution in [-0.4, -0.2) is 37.2 Å². The molecule has 0 rings (SSSR count). The Bertz CT molecular complexity index is 1180. The summed E-state index contributed by atoms with van der Waals surface area (Å²) >= 11 is 0. The fourth-order valence-electron chi connectivity index (χ4n) is 5.80. The zero-order valence-corrected chi connectivity index (χ0v) is 36.6. The van der Waals surface area contributed by atoms with Gasteiger partial charge >= 0.3 is 17.9 Å². The van der Waals surface area contributed by atoms with Crippen LogP contribution in [0.1, 0.15) is 188 Å². The molecule has 322 valence electrons. The van der Waals surface area contributed by atoms with E-state index in [1.807, 2.05) is 54.7 Å². The first-order valence-electron chi connectivity index (χ1n) is 22.8. The molecule has 0 bridgehead atoms. The van der Waals surface area contributed by atoms with E-state index in [0.717, 1.165) is 83.5 Å². The van der Waals surface area contributed by atoms with Gasteiger partial charge in [0.1, 0.15) is 13.2 Å². The first-order chi connectivity index (χ1) is 28.0. The minimum Gasteiger partial charge on any atom is -0.462 e. The molecule has 6 nitrogen and oxygen atoms in total. The maximum atomic E-state index is 12.7. The van der Waals surface area contributed by atoms with Gasteiger partial charge in [-0.05, 0) is 83.5 Å². The molecular formula is C51H82O6. The van der Waals surface area contributed by atoms with Crippen molar-refractivity contribution in [3.63, 3.8) is 0 Å². The van der Waals surface area contributed by atoms with Crippen molar-refractivity contribution in [3.8, 4) is 0 Å². The average molecular weight is 791 g/mol. The van der Waals surface area contributed by atoms with Crippen LogP contribution in [0.3, 0.4) is 0 Å². The highest BCUT2D eigenvalue weighted by molar-refractivity contribution is 5.71. The van der Waals surface area contributed by atoms with E-state index >= 15 is 0 Å². The highest BCUT2D eigenvalue weighted by Gasteiger charge is 2.19. The van der Waals surface area contributed by atoms with Gasteiger partial charge in [0.2, 0.25) is 0 Å². The lowest BCUT2D eigenvalue weighted by Gasteiger charge is -2.18. The Morgan fingerprint density at radius 1 is 0.386 bits per heavy atom. The Hall–Kier alpha value is -3.67. The summed E-state index contributed by atoms with van der Waals surface area (Å²) in [6.45, 7) is 6.26. The maximum Gasteiger partial charge on any atom is 0.306 e. The number of carbonyl (C=O) groups is 3. The molecule has 0 heterocycles. The summed E-state index contributed by atoms with van der Waals surface area (Å²) < 4.78 is 16.6. The third-order valence-electron chi connectivity index (χ3n) is 9.18. The maximum absolute atomic E-state index is 12.7.